The summed E-state index contributed by atoms with van der Waals surface area (Å²) in [4.78, 5) is 15.8. The van der Waals surface area contributed by atoms with E-state index in [2.05, 4.69) is 15.0 Å². The molecule has 0 unspecified atom stereocenters. The lowest BCUT2D eigenvalue weighted by Gasteiger charge is -2.30. The summed E-state index contributed by atoms with van der Waals surface area (Å²) in [5.74, 6) is -0.421. The number of rotatable bonds is 9. The third-order valence-electron chi connectivity index (χ3n) is 5.03. The normalized spacial score (nSPS) is 11.9. The Morgan fingerprint density at radius 3 is 2.18 bits per heavy atom. The molecule has 0 saturated heterocycles. The van der Waals surface area contributed by atoms with Gasteiger partial charge in [0.2, 0.25) is 11.8 Å². The van der Waals surface area contributed by atoms with Gasteiger partial charge in [0.25, 0.3) is 0 Å². The lowest BCUT2D eigenvalue weighted by atomic mass is 9.92. The van der Waals surface area contributed by atoms with Crippen LogP contribution in [0.5, 0.6) is 5.75 Å². The SMILES string of the molecule is CC(=O)NC(CO)(CO)CCc1ccc(-c2coc(-c3ccc(OC(F)(F)F)cc3)n2)cc1. The Morgan fingerprint density at radius 1 is 1.03 bits per heavy atom. The summed E-state index contributed by atoms with van der Waals surface area (Å²) in [5.41, 5.74) is 1.65. The number of ether oxygens (including phenoxy) is 1. The van der Waals surface area contributed by atoms with E-state index in [1.54, 1.807) is 0 Å². The molecule has 0 aliphatic carbocycles. The highest BCUT2D eigenvalue weighted by atomic mass is 19.4. The molecule has 1 heterocycles. The van der Waals surface area contributed by atoms with Crippen LogP contribution >= 0.6 is 0 Å². The molecule has 0 spiro atoms. The predicted octanol–water partition coefficient (Wildman–Crippen LogP) is 3.70. The van der Waals surface area contributed by atoms with Gasteiger partial charge < -0.3 is 24.7 Å². The van der Waals surface area contributed by atoms with Crippen LogP contribution in [0.15, 0.2) is 59.2 Å². The molecule has 3 N–H and O–H groups in total. The van der Waals surface area contributed by atoms with Crippen molar-refractivity contribution < 1.29 is 37.3 Å². The molecule has 0 aliphatic heterocycles. The number of nitrogens with one attached hydrogen (secondary N) is 1. The van der Waals surface area contributed by atoms with Gasteiger partial charge in [-0.25, -0.2) is 4.98 Å². The van der Waals surface area contributed by atoms with Crippen LogP contribution < -0.4 is 10.1 Å². The smallest absolute Gasteiger partial charge is 0.444 e. The highest BCUT2D eigenvalue weighted by molar-refractivity contribution is 5.73. The van der Waals surface area contributed by atoms with Gasteiger partial charge in [-0.3, -0.25) is 4.79 Å². The fraction of sp³-hybridized carbons (Fsp3) is 0.304. The molecule has 1 aromatic heterocycles. The maximum atomic E-state index is 12.3. The summed E-state index contributed by atoms with van der Waals surface area (Å²) >= 11 is 0. The van der Waals surface area contributed by atoms with Crippen molar-refractivity contribution in [3.8, 4) is 28.5 Å². The van der Waals surface area contributed by atoms with Gasteiger partial charge >= 0.3 is 6.36 Å². The van der Waals surface area contributed by atoms with Crippen LogP contribution in [0.1, 0.15) is 18.9 Å². The third-order valence-corrected chi connectivity index (χ3v) is 5.03. The van der Waals surface area contributed by atoms with Crippen LogP contribution in [-0.2, 0) is 11.2 Å². The number of oxazole rings is 1. The molecule has 10 heteroatoms. The van der Waals surface area contributed by atoms with E-state index in [0.29, 0.717) is 24.1 Å². The molecular formula is C23H23F3N2O5. The first-order valence-electron chi connectivity index (χ1n) is 10.0. The fourth-order valence-corrected chi connectivity index (χ4v) is 3.29. The van der Waals surface area contributed by atoms with Crippen LogP contribution in [0.25, 0.3) is 22.7 Å². The maximum Gasteiger partial charge on any atom is 0.573 e. The summed E-state index contributed by atoms with van der Waals surface area (Å²) < 4.78 is 46.2. The Morgan fingerprint density at radius 2 is 1.64 bits per heavy atom. The first-order chi connectivity index (χ1) is 15.6. The van der Waals surface area contributed by atoms with Gasteiger partial charge in [-0.05, 0) is 42.7 Å². The number of aryl methyl sites for hydroxylation is 1. The second kappa shape index (κ2) is 10.1. The topological polar surface area (TPSA) is 105 Å². The number of nitrogens with zero attached hydrogens (tertiary/aromatic N) is 1. The van der Waals surface area contributed by atoms with Crippen LogP contribution in [0.3, 0.4) is 0 Å². The zero-order chi connectivity index (χ0) is 24.1. The van der Waals surface area contributed by atoms with Crippen LogP contribution in [0, 0.1) is 0 Å². The van der Waals surface area contributed by atoms with Crippen molar-refractivity contribution in [1.82, 2.24) is 10.3 Å². The van der Waals surface area contributed by atoms with Gasteiger partial charge in [0, 0.05) is 18.1 Å². The number of halogens is 3. The maximum absolute atomic E-state index is 12.3. The first-order valence-corrected chi connectivity index (χ1v) is 10.0. The number of hydrogen-bond acceptors (Lipinski definition) is 6. The Hall–Kier alpha value is -3.37. The Balaban J connectivity index is 1.67. The van der Waals surface area contributed by atoms with Crippen molar-refractivity contribution in [2.24, 2.45) is 0 Å². The van der Waals surface area contributed by atoms with Crippen molar-refractivity contribution in [2.75, 3.05) is 13.2 Å². The minimum atomic E-state index is -4.76. The van der Waals surface area contributed by atoms with E-state index in [-0.39, 0.29) is 30.8 Å². The van der Waals surface area contributed by atoms with Crippen LogP contribution in [-0.4, -0.2) is 46.2 Å². The Labute approximate surface area is 187 Å². The molecule has 0 saturated carbocycles. The summed E-state index contributed by atoms with van der Waals surface area (Å²) in [6.07, 6.45) is -2.45. The predicted molar refractivity (Wildman–Crippen MR) is 113 cm³/mol. The second-order valence-corrected chi connectivity index (χ2v) is 7.58. The number of hydrogen-bond donors (Lipinski definition) is 3. The average Bonchev–Trinajstić information content (AvgIpc) is 3.26. The number of benzene rings is 2. The largest absolute Gasteiger partial charge is 0.573 e. The average molecular weight is 464 g/mol. The Kier molecular flexibility index (Phi) is 7.39. The summed E-state index contributed by atoms with van der Waals surface area (Å²) in [5, 5.41) is 21.8. The molecule has 0 bridgehead atoms. The van der Waals surface area contributed by atoms with Crippen molar-refractivity contribution >= 4 is 5.91 Å². The number of aromatic nitrogens is 1. The van der Waals surface area contributed by atoms with E-state index < -0.39 is 11.9 Å². The highest BCUT2D eigenvalue weighted by Crippen LogP contribution is 2.28. The summed E-state index contributed by atoms with van der Waals surface area (Å²) in [6.45, 7) is 0.560. The molecule has 176 valence electrons. The van der Waals surface area contributed by atoms with Crippen LogP contribution in [0.4, 0.5) is 13.2 Å². The van der Waals surface area contributed by atoms with E-state index in [0.717, 1.165) is 11.1 Å². The van der Waals surface area contributed by atoms with E-state index in [1.165, 1.54) is 37.5 Å². The van der Waals surface area contributed by atoms with E-state index in [1.807, 2.05) is 24.3 Å². The van der Waals surface area contributed by atoms with Crippen molar-refractivity contribution in [3.63, 3.8) is 0 Å². The molecule has 2 aromatic carbocycles. The number of aliphatic hydroxyl groups excluding tert-OH is 2. The molecule has 1 amide bonds. The van der Waals surface area contributed by atoms with E-state index in [9.17, 15) is 28.2 Å². The van der Waals surface area contributed by atoms with E-state index in [4.69, 9.17) is 4.42 Å². The molecule has 0 fully saturated rings. The molecular weight excluding hydrogens is 441 g/mol. The first kappa shape index (κ1) is 24.3. The fourth-order valence-electron chi connectivity index (χ4n) is 3.29. The molecule has 7 nitrogen and oxygen atoms in total. The molecule has 3 aromatic rings. The zero-order valence-corrected chi connectivity index (χ0v) is 17.7. The molecule has 33 heavy (non-hydrogen) atoms. The van der Waals surface area contributed by atoms with E-state index >= 15 is 0 Å². The van der Waals surface area contributed by atoms with Gasteiger partial charge in [0.05, 0.1) is 18.8 Å². The number of carbonyl (C=O) groups excluding carboxylic acids is 1. The van der Waals surface area contributed by atoms with Gasteiger partial charge in [-0.15, -0.1) is 13.2 Å². The standard InChI is InChI=1S/C23H23F3N2O5/c1-15(31)28-22(13-29,14-30)11-10-16-2-4-17(5-3-16)20-12-32-21(27-20)18-6-8-19(9-7-18)33-23(24,25)26/h2-9,12,29-30H,10-11,13-14H2,1H3,(H,28,31). The minimum Gasteiger partial charge on any atom is -0.444 e. The number of carbonyl (C=O) groups is 1. The second-order valence-electron chi connectivity index (χ2n) is 7.58. The van der Waals surface area contributed by atoms with Crippen molar-refractivity contribution in [3.05, 3.63) is 60.4 Å². The zero-order valence-electron chi connectivity index (χ0n) is 17.7. The lowest BCUT2D eigenvalue weighted by Crippen LogP contribution is -2.53. The summed E-state index contributed by atoms with van der Waals surface area (Å²) in [7, 11) is 0. The molecule has 3 rings (SSSR count). The highest BCUT2D eigenvalue weighted by Gasteiger charge is 2.31. The molecule has 0 aliphatic rings. The monoisotopic (exact) mass is 464 g/mol. The minimum absolute atomic E-state index is 0.249. The van der Waals surface area contributed by atoms with Gasteiger partial charge in [-0.1, -0.05) is 24.3 Å². The molecule has 0 atom stereocenters. The molecule has 0 radical (unpaired) electrons. The number of amides is 1. The van der Waals surface area contributed by atoms with Crippen molar-refractivity contribution in [2.45, 2.75) is 31.7 Å². The number of alkyl halides is 3. The van der Waals surface area contributed by atoms with Crippen molar-refractivity contribution in [1.29, 1.82) is 0 Å². The third kappa shape index (κ3) is 6.56. The lowest BCUT2D eigenvalue weighted by molar-refractivity contribution is -0.274. The summed E-state index contributed by atoms with van der Waals surface area (Å²) in [6, 6.07) is 12.6. The number of aliphatic hydroxyl groups is 2. The van der Waals surface area contributed by atoms with Gasteiger partial charge in [-0.2, -0.15) is 0 Å². The van der Waals surface area contributed by atoms with Gasteiger partial charge in [0.15, 0.2) is 0 Å². The van der Waals surface area contributed by atoms with Crippen LogP contribution in [0.2, 0.25) is 0 Å². The Bertz CT molecular complexity index is 1060. The van der Waals surface area contributed by atoms with Gasteiger partial charge in [0.1, 0.15) is 17.7 Å². The quantitative estimate of drug-likeness (QED) is 0.446.